The highest BCUT2D eigenvalue weighted by atomic mass is 16.1. The average Bonchev–Trinajstić information content (AvgIpc) is 2.98. The Morgan fingerprint density at radius 1 is 1.04 bits per heavy atom. The second kappa shape index (κ2) is 7.79. The molecule has 0 fully saturated rings. The van der Waals surface area contributed by atoms with E-state index in [0.717, 1.165) is 35.5 Å². The van der Waals surface area contributed by atoms with Crippen molar-refractivity contribution in [3.05, 3.63) is 87.8 Å². The maximum absolute atomic E-state index is 13.0. The second-order valence-electron chi connectivity index (χ2n) is 6.08. The summed E-state index contributed by atoms with van der Waals surface area (Å²) in [5.74, 6) is 0. The average molecular weight is 333 g/mol. The van der Waals surface area contributed by atoms with E-state index in [-0.39, 0.29) is 5.56 Å². The quantitative estimate of drug-likeness (QED) is 0.678. The molecule has 0 amide bonds. The van der Waals surface area contributed by atoms with Crippen molar-refractivity contribution in [3.63, 3.8) is 0 Å². The molecule has 0 radical (unpaired) electrons. The van der Waals surface area contributed by atoms with E-state index in [1.165, 1.54) is 0 Å². The van der Waals surface area contributed by atoms with Crippen LogP contribution in [0.25, 0.3) is 5.69 Å². The largest absolute Gasteiger partial charge is 0.294 e. The number of para-hydroxylation sites is 1. The highest BCUT2D eigenvalue weighted by Gasteiger charge is 2.17. The normalized spacial score (nSPS) is 11.7. The Hall–Kier alpha value is -2.88. The minimum atomic E-state index is -0.0380. The van der Waals surface area contributed by atoms with E-state index in [1.807, 2.05) is 67.6 Å². The third-order valence-electron chi connectivity index (χ3n) is 4.18. The monoisotopic (exact) mass is 333 g/mol. The molecule has 0 saturated carbocycles. The SMILES string of the molecule is CCCc1[nH]n(-c2ccccc2)c(=O)c1C(C)=NCc1ccccc1. The van der Waals surface area contributed by atoms with Crippen molar-refractivity contribution in [1.29, 1.82) is 0 Å². The third-order valence-corrected chi connectivity index (χ3v) is 4.18. The number of aliphatic imine (C=N–C) groups is 1. The van der Waals surface area contributed by atoms with Gasteiger partial charge in [-0.25, -0.2) is 4.68 Å². The molecule has 0 unspecified atom stereocenters. The van der Waals surface area contributed by atoms with Crippen LogP contribution in [0, 0.1) is 0 Å². The molecule has 3 rings (SSSR count). The predicted octanol–water partition coefficient (Wildman–Crippen LogP) is 4.13. The molecule has 3 aromatic rings. The standard InChI is InChI=1S/C21H23N3O/c1-3-10-19-20(16(2)22-15-17-11-6-4-7-12-17)21(25)24(23-19)18-13-8-5-9-14-18/h4-9,11-14,23H,3,10,15H2,1-2H3. The molecule has 1 N–H and O–H groups in total. The zero-order valence-corrected chi connectivity index (χ0v) is 14.7. The number of benzene rings is 2. The number of aromatic nitrogens is 2. The molecule has 0 aliphatic carbocycles. The molecule has 0 aliphatic rings. The van der Waals surface area contributed by atoms with Gasteiger partial charge in [-0.15, -0.1) is 0 Å². The van der Waals surface area contributed by atoms with Crippen molar-refractivity contribution in [1.82, 2.24) is 9.78 Å². The first-order valence-electron chi connectivity index (χ1n) is 8.65. The summed E-state index contributed by atoms with van der Waals surface area (Å²) in [5.41, 5.74) is 4.37. The van der Waals surface area contributed by atoms with Crippen LogP contribution in [0.4, 0.5) is 0 Å². The van der Waals surface area contributed by atoms with Crippen LogP contribution in [0.5, 0.6) is 0 Å². The molecule has 0 aliphatic heterocycles. The highest BCUT2D eigenvalue weighted by molar-refractivity contribution is 5.99. The second-order valence-corrected chi connectivity index (χ2v) is 6.08. The van der Waals surface area contributed by atoms with Crippen LogP contribution in [-0.4, -0.2) is 15.5 Å². The van der Waals surface area contributed by atoms with E-state index in [2.05, 4.69) is 17.0 Å². The van der Waals surface area contributed by atoms with Gasteiger partial charge in [0.05, 0.1) is 17.8 Å². The molecular weight excluding hydrogens is 310 g/mol. The van der Waals surface area contributed by atoms with Gasteiger partial charge in [0.2, 0.25) is 0 Å². The number of aryl methyl sites for hydroxylation is 1. The van der Waals surface area contributed by atoms with Gasteiger partial charge in [0.1, 0.15) is 0 Å². The van der Waals surface area contributed by atoms with Gasteiger partial charge in [-0.05, 0) is 31.0 Å². The number of aromatic amines is 1. The summed E-state index contributed by atoms with van der Waals surface area (Å²) in [6.45, 7) is 4.61. The van der Waals surface area contributed by atoms with E-state index < -0.39 is 0 Å². The summed E-state index contributed by atoms with van der Waals surface area (Å²) in [7, 11) is 0. The zero-order valence-electron chi connectivity index (χ0n) is 14.7. The number of hydrogen-bond donors (Lipinski definition) is 1. The first-order chi connectivity index (χ1) is 12.2. The van der Waals surface area contributed by atoms with Gasteiger partial charge in [-0.1, -0.05) is 61.9 Å². The minimum absolute atomic E-state index is 0.0380. The fourth-order valence-electron chi connectivity index (χ4n) is 2.92. The molecule has 2 aromatic carbocycles. The van der Waals surface area contributed by atoms with Gasteiger partial charge in [0.15, 0.2) is 0 Å². The van der Waals surface area contributed by atoms with E-state index in [0.29, 0.717) is 12.1 Å². The van der Waals surface area contributed by atoms with Crippen molar-refractivity contribution in [2.75, 3.05) is 0 Å². The van der Waals surface area contributed by atoms with Gasteiger partial charge in [-0.3, -0.25) is 14.9 Å². The van der Waals surface area contributed by atoms with Gasteiger partial charge in [0, 0.05) is 11.4 Å². The molecule has 1 aromatic heterocycles. The van der Waals surface area contributed by atoms with E-state index in [4.69, 9.17) is 0 Å². The van der Waals surface area contributed by atoms with Crippen LogP contribution < -0.4 is 5.56 Å². The van der Waals surface area contributed by atoms with Crippen molar-refractivity contribution >= 4 is 5.71 Å². The van der Waals surface area contributed by atoms with Crippen LogP contribution >= 0.6 is 0 Å². The van der Waals surface area contributed by atoms with E-state index in [9.17, 15) is 4.79 Å². The molecule has 0 atom stereocenters. The van der Waals surface area contributed by atoms with Crippen molar-refractivity contribution in [2.24, 2.45) is 4.99 Å². The topological polar surface area (TPSA) is 50.1 Å². The lowest BCUT2D eigenvalue weighted by Gasteiger charge is -2.01. The Morgan fingerprint density at radius 2 is 1.68 bits per heavy atom. The Bertz CT molecular complexity index is 905. The van der Waals surface area contributed by atoms with Crippen LogP contribution in [0.2, 0.25) is 0 Å². The molecule has 4 heteroatoms. The summed E-state index contributed by atoms with van der Waals surface area (Å²) < 4.78 is 1.61. The predicted molar refractivity (Wildman–Crippen MR) is 103 cm³/mol. The number of nitrogens with one attached hydrogen (secondary N) is 1. The van der Waals surface area contributed by atoms with Gasteiger partial charge < -0.3 is 0 Å². The van der Waals surface area contributed by atoms with Crippen LogP contribution in [0.1, 0.15) is 37.1 Å². The van der Waals surface area contributed by atoms with Crippen LogP contribution in [0.3, 0.4) is 0 Å². The number of nitrogens with zero attached hydrogens (tertiary/aromatic N) is 2. The third kappa shape index (κ3) is 3.79. The number of rotatable bonds is 6. The highest BCUT2D eigenvalue weighted by Crippen LogP contribution is 2.12. The smallest absolute Gasteiger partial charge is 0.280 e. The van der Waals surface area contributed by atoms with Crippen LogP contribution in [0.15, 0.2) is 70.5 Å². The lowest BCUT2D eigenvalue weighted by molar-refractivity contribution is 0.793. The molecule has 0 saturated heterocycles. The molecule has 0 bridgehead atoms. The number of hydrogen-bond acceptors (Lipinski definition) is 2. The summed E-state index contributed by atoms with van der Waals surface area (Å²) in [6.07, 6.45) is 1.79. The lowest BCUT2D eigenvalue weighted by atomic mass is 10.1. The summed E-state index contributed by atoms with van der Waals surface area (Å²) in [6, 6.07) is 19.7. The lowest BCUT2D eigenvalue weighted by Crippen LogP contribution is -2.19. The van der Waals surface area contributed by atoms with Crippen molar-refractivity contribution in [2.45, 2.75) is 33.2 Å². The first kappa shape index (κ1) is 17.0. The van der Waals surface area contributed by atoms with Gasteiger partial charge in [-0.2, -0.15) is 0 Å². The molecule has 0 spiro atoms. The molecule has 25 heavy (non-hydrogen) atoms. The van der Waals surface area contributed by atoms with Gasteiger partial charge in [0.25, 0.3) is 5.56 Å². The first-order valence-corrected chi connectivity index (χ1v) is 8.65. The van der Waals surface area contributed by atoms with Crippen molar-refractivity contribution in [3.8, 4) is 5.69 Å². The maximum atomic E-state index is 13.0. The Morgan fingerprint density at radius 3 is 2.32 bits per heavy atom. The zero-order chi connectivity index (χ0) is 17.6. The Balaban J connectivity index is 1.99. The Kier molecular flexibility index (Phi) is 5.29. The summed E-state index contributed by atoms with van der Waals surface area (Å²) >= 11 is 0. The fraction of sp³-hybridized carbons (Fsp3) is 0.238. The fourth-order valence-corrected chi connectivity index (χ4v) is 2.92. The van der Waals surface area contributed by atoms with Crippen LogP contribution in [-0.2, 0) is 13.0 Å². The molecular formula is C21H23N3O. The summed E-state index contributed by atoms with van der Waals surface area (Å²) in [5, 5.41) is 3.27. The number of H-pyrrole nitrogens is 1. The van der Waals surface area contributed by atoms with E-state index in [1.54, 1.807) is 4.68 Å². The van der Waals surface area contributed by atoms with Crippen molar-refractivity contribution < 1.29 is 0 Å². The van der Waals surface area contributed by atoms with Gasteiger partial charge >= 0.3 is 0 Å². The Labute approximate surface area is 147 Å². The molecule has 128 valence electrons. The van der Waals surface area contributed by atoms with E-state index >= 15 is 0 Å². The molecule has 4 nitrogen and oxygen atoms in total. The molecule has 1 heterocycles. The maximum Gasteiger partial charge on any atom is 0.280 e. The minimum Gasteiger partial charge on any atom is -0.294 e. The summed E-state index contributed by atoms with van der Waals surface area (Å²) in [4.78, 5) is 17.6.